The van der Waals surface area contributed by atoms with Gasteiger partial charge in [-0.25, -0.2) is 0 Å². The molecule has 0 unspecified atom stereocenters. The van der Waals surface area contributed by atoms with Gasteiger partial charge < -0.3 is 14.8 Å². The van der Waals surface area contributed by atoms with Crippen molar-refractivity contribution in [3.8, 4) is 11.5 Å². The molecule has 0 saturated heterocycles. The van der Waals surface area contributed by atoms with Crippen molar-refractivity contribution in [3.05, 3.63) is 23.8 Å². The van der Waals surface area contributed by atoms with Gasteiger partial charge in [-0.2, -0.15) is 11.8 Å². The molecule has 0 saturated carbocycles. The molecule has 114 valence electrons. The average molecular weight is 297 g/mol. The molecule has 0 aliphatic carbocycles. The number of hydrogen-bond acceptors (Lipinski definition) is 4. The molecule has 0 fully saturated rings. The van der Waals surface area contributed by atoms with Gasteiger partial charge in [-0.3, -0.25) is 0 Å². The van der Waals surface area contributed by atoms with Crippen LogP contribution in [0.1, 0.15) is 32.8 Å². The van der Waals surface area contributed by atoms with E-state index in [0.29, 0.717) is 0 Å². The molecule has 0 heterocycles. The SMILES string of the molecule is COc1ccc(CNC(C)(C)C)c(OCCCSC)c1. The summed E-state index contributed by atoms with van der Waals surface area (Å²) < 4.78 is 11.2. The first-order valence-electron chi connectivity index (χ1n) is 7.00. The van der Waals surface area contributed by atoms with E-state index < -0.39 is 0 Å². The molecule has 20 heavy (non-hydrogen) atoms. The van der Waals surface area contributed by atoms with Gasteiger partial charge in [0.2, 0.25) is 0 Å². The van der Waals surface area contributed by atoms with E-state index in [2.05, 4.69) is 38.4 Å². The normalized spacial score (nSPS) is 11.4. The highest BCUT2D eigenvalue weighted by Crippen LogP contribution is 2.25. The zero-order valence-electron chi connectivity index (χ0n) is 13.3. The van der Waals surface area contributed by atoms with Crippen molar-refractivity contribution in [2.75, 3.05) is 25.7 Å². The van der Waals surface area contributed by atoms with Crippen molar-refractivity contribution in [3.63, 3.8) is 0 Å². The van der Waals surface area contributed by atoms with Crippen molar-refractivity contribution >= 4 is 11.8 Å². The Hall–Kier alpha value is -0.870. The van der Waals surface area contributed by atoms with Gasteiger partial charge >= 0.3 is 0 Å². The molecule has 1 aromatic carbocycles. The number of ether oxygens (including phenoxy) is 2. The molecule has 0 aliphatic rings. The van der Waals surface area contributed by atoms with Gasteiger partial charge in [-0.15, -0.1) is 0 Å². The lowest BCUT2D eigenvalue weighted by Gasteiger charge is -2.22. The van der Waals surface area contributed by atoms with Crippen LogP contribution >= 0.6 is 11.8 Å². The fourth-order valence-electron chi connectivity index (χ4n) is 1.69. The summed E-state index contributed by atoms with van der Waals surface area (Å²) in [4.78, 5) is 0. The van der Waals surface area contributed by atoms with Crippen LogP contribution in [-0.4, -0.2) is 31.3 Å². The van der Waals surface area contributed by atoms with E-state index in [9.17, 15) is 0 Å². The fourth-order valence-corrected chi connectivity index (χ4v) is 2.09. The van der Waals surface area contributed by atoms with Crippen LogP contribution in [0.5, 0.6) is 11.5 Å². The lowest BCUT2D eigenvalue weighted by molar-refractivity contribution is 0.309. The number of hydrogen-bond donors (Lipinski definition) is 1. The van der Waals surface area contributed by atoms with Gasteiger partial charge in [0, 0.05) is 23.7 Å². The molecule has 1 rings (SSSR count). The molecule has 0 aliphatic heterocycles. The van der Waals surface area contributed by atoms with Gasteiger partial charge in [-0.05, 0) is 45.3 Å². The van der Waals surface area contributed by atoms with Crippen molar-refractivity contribution in [1.82, 2.24) is 5.32 Å². The molecular formula is C16H27NO2S. The minimum atomic E-state index is 0.0933. The van der Waals surface area contributed by atoms with Crippen molar-refractivity contribution in [2.45, 2.75) is 39.3 Å². The molecule has 0 amide bonds. The van der Waals surface area contributed by atoms with E-state index in [0.717, 1.165) is 36.8 Å². The molecule has 0 radical (unpaired) electrons. The van der Waals surface area contributed by atoms with E-state index in [1.807, 2.05) is 23.9 Å². The number of thioether (sulfide) groups is 1. The second kappa shape index (κ2) is 8.42. The first-order chi connectivity index (χ1) is 9.46. The summed E-state index contributed by atoms with van der Waals surface area (Å²) in [6.45, 7) is 8.03. The van der Waals surface area contributed by atoms with Gasteiger partial charge in [0.05, 0.1) is 13.7 Å². The minimum absolute atomic E-state index is 0.0933. The third-order valence-corrected chi connectivity index (χ3v) is 3.53. The summed E-state index contributed by atoms with van der Waals surface area (Å²) >= 11 is 1.85. The Balaban J connectivity index is 2.70. The number of rotatable bonds is 8. The quantitative estimate of drug-likeness (QED) is 0.741. The maximum absolute atomic E-state index is 5.91. The maximum atomic E-state index is 5.91. The van der Waals surface area contributed by atoms with E-state index in [-0.39, 0.29) is 5.54 Å². The number of nitrogens with one attached hydrogen (secondary N) is 1. The second-order valence-electron chi connectivity index (χ2n) is 5.77. The van der Waals surface area contributed by atoms with Crippen LogP contribution < -0.4 is 14.8 Å². The molecule has 1 aromatic rings. The van der Waals surface area contributed by atoms with Crippen LogP contribution in [0.4, 0.5) is 0 Å². The molecule has 3 nitrogen and oxygen atoms in total. The third kappa shape index (κ3) is 6.53. The summed E-state index contributed by atoms with van der Waals surface area (Å²) in [5.41, 5.74) is 1.26. The van der Waals surface area contributed by atoms with E-state index >= 15 is 0 Å². The Morgan fingerprint density at radius 2 is 2.00 bits per heavy atom. The van der Waals surface area contributed by atoms with Gasteiger partial charge in [-0.1, -0.05) is 6.07 Å². The number of methoxy groups -OCH3 is 1. The van der Waals surface area contributed by atoms with Crippen LogP contribution in [0.15, 0.2) is 18.2 Å². The fraction of sp³-hybridized carbons (Fsp3) is 0.625. The van der Waals surface area contributed by atoms with E-state index in [1.54, 1.807) is 7.11 Å². The van der Waals surface area contributed by atoms with Gasteiger partial charge in [0.25, 0.3) is 0 Å². The summed E-state index contributed by atoms with van der Waals surface area (Å²) in [5, 5.41) is 3.49. The minimum Gasteiger partial charge on any atom is -0.497 e. The lowest BCUT2D eigenvalue weighted by atomic mass is 10.1. The standard InChI is InChI=1S/C16H27NO2S/c1-16(2,3)17-12-13-7-8-14(18-4)11-15(13)19-9-6-10-20-5/h7-8,11,17H,6,9-10,12H2,1-5H3. The van der Waals surface area contributed by atoms with Crippen LogP contribution in [0.3, 0.4) is 0 Å². The van der Waals surface area contributed by atoms with Gasteiger partial charge in [0.15, 0.2) is 0 Å². The summed E-state index contributed by atoms with van der Waals surface area (Å²) in [5.74, 6) is 2.88. The zero-order chi connectivity index (χ0) is 15.0. The predicted octanol–water partition coefficient (Wildman–Crippen LogP) is 3.72. The van der Waals surface area contributed by atoms with Crippen molar-refractivity contribution in [2.24, 2.45) is 0 Å². The Morgan fingerprint density at radius 3 is 2.60 bits per heavy atom. The average Bonchev–Trinajstić information content (AvgIpc) is 2.41. The molecular weight excluding hydrogens is 270 g/mol. The first-order valence-corrected chi connectivity index (χ1v) is 8.39. The molecule has 0 spiro atoms. The molecule has 1 N–H and O–H groups in total. The van der Waals surface area contributed by atoms with Gasteiger partial charge in [0.1, 0.15) is 11.5 Å². The van der Waals surface area contributed by atoms with E-state index in [4.69, 9.17) is 9.47 Å². The third-order valence-electron chi connectivity index (χ3n) is 2.83. The maximum Gasteiger partial charge on any atom is 0.127 e. The molecule has 0 aromatic heterocycles. The predicted molar refractivity (Wildman–Crippen MR) is 88.1 cm³/mol. The Bertz CT molecular complexity index is 402. The molecule has 0 bridgehead atoms. The summed E-state index contributed by atoms with van der Waals surface area (Å²) in [6, 6.07) is 6.02. The second-order valence-corrected chi connectivity index (χ2v) is 6.76. The molecule has 4 heteroatoms. The topological polar surface area (TPSA) is 30.5 Å². The van der Waals surface area contributed by atoms with Crippen molar-refractivity contribution < 1.29 is 9.47 Å². The summed E-state index contributed by atoms with van der Waals surface area (Å²) in [6.07, 6.45) is 3.18. The highest BCUT2D eigenvalue weighted by atomic mass is 32.2. The summed E-state index contributed by atoms with van der Waals surface area (Å²) in [7, 11) is 1.68. The highest BCUT2D eigenvalue weighted by molar-refractivity contribution is 7.98. The Labute approximate surface area is 127 Å². The van der Waals surface area contributed by atoms with Crippen LogP contribution in [-0.2, 0) is 6.54 Å². The monoisotopic (exact) mass is 297 g/mol. The molecule has 0 atom stereocenters. The smallest absolute Gasteiger partial charge is 0.127 e. The van der Waals surface area contributed by atoms with Crippen LogP contribution in [0, 0.1) is 0 Å². The van der Waals surface area contributed by atoms with Crippen molar-refractivity contribution in [1.29, 1.82) is 0 Å². The number of benzene rings is 1. The Kier molecular flexibility index (Phi) is 7.24. The van der Waals surface area contributed by atoms with Crippen LogP contribution in [0.2, 0.25) is 0 Å². The largest absolute Gasteiger partial charge is 0.497 e. The lowest BCUT2D eigenvalue weighted by Crippen LogP contribution is -2.35. The highest BCUT2D eigenvalue weighted by Gasteiger charge is 2.11. The first kappa shape index (κ1) is 17.2. The van der Waals surface area contributed by atoms with E-state index in [1.165, 1.54) is 5.56 Å². The zero-order valence-corrected chi connectivity index (χ0v) is 14.1. The Morgan fingerprint density at radius 1 is 1.25 bits per heavy atom. The van der Waals surface area contributed by atoms with Crippen LogP contribution in [0.25, 0.3) is 0 Å².